The van der Waals surface area contributed by atoms with E-state index in [1.54, 1.807) is 38.6 Å². The third kappa shape index (κ3) is 2.57. The number of benzene rings is 1. The van der Waals surface area contributed by atoms with Gasteiger partial charge in [-0.15, -0.1) is 0 Å². The van der Waals surface area contributed by atoms with Gasteiger partial charge >= 0.3 is 0 Å². The van der Waals surface area contributed by atoms with Gasteiger partial charge in [-0.3, -0.25) is 9.97 Å². The van der Waals surface area contributed by atoms with Gasteiger partial charge in [-0.05, 0) is 17.7 Å². The van der Waals surface area contributed by atoms with Crippen molar-refractivity contribution >= 4 is 0 Å². The molecule has 1 heterocycles. The first-order valence-corrected chi connectivity index (χ1v) is 5.41. The van der Waals surface area contributed by atoms with Crippen molar-refractivity contribution < 1.29 is 14.6 Å². The Balaban J connectivity index is 2.38. The fourth-order valence-electron chi connectivity index (χ4n) is 1.61. The highest BCUT2D eigenvalue weighted by molar-refractivity contribution is 5.41. The third-order valence-electron chi connectivity index (χ3n) is 2.55. The van der Waals surface area contributed by atoms with E-state index in [1.807, 2.05) is 0 Å². The highest BCUT2D eigenvalue weighted by Crippen LogP contribution is 2.28. The van der Waals surface area contributed by atoms with E-state index in [-0.39, 0.29) is 0 Å². The van der Waals surface area contributed by atoms with Crippen molar-refractivity contribution in [2.24, 2.45) is 0 Å². The molecule has 5 nitrogen and oxygen atoms in total. The Bertz CT molecular complexity index is 495. The fourth-order valence-corrected chi connectivity index (χ4v) is 1.61. The molecule has 1 aromatic carbocycles. The van der Waals surface area contributed by atoms with Crippen molar-refractivity contribution in [3.05, 3.63) is 48.0 Å². The van der Waals surface area contributed by atoms with E-state index < -0.39 is 6.10 Å². The van der Waals surface area contributed by atoms with E-state index in [2.05, 4.69) is 9.97 Å². The number of methoxy groups -OCH3 is 2. The topological polar surface area (TPSA) is 64.5 Å². The lowest BCUT2D eigenvalue weighted by molar-refractivity contribution is 0.213. The molecule has 0 amide bonds. The number of ether oxygens (including phenoxy) is 2. The summed E-state index contributed by atoms with van der Waals surface area (Å²) in [5.74, 6) is 1.24. The van der Waals surface area contributed by atoms with E-state index in [0.29, 0.717) is 22.8 Å². The van der Waals surface area contributed by atoms with Crippen LogP contribution in [0.5, 0.6) is 11.5 Å². The van der Waals surface area contributed by atoms with Crippen molar-refractivity contribution in [1.29, 1.82) is 0 Å². The molecule has 0 radical (unpaired) electrons. The first-order valence-electron chi connectivity index (χ1n) is 5.41. The largest absolute Gasteiger partial charge is 0.497 e. The zero-order chi connectivity index (χ0) is 13.0. The number of nitrogens with zero attached hydrogens (tertiary/aromatic N) is 2. The van der Waals surface area contributed by atoms with E-state index in [1.165, 1.54) is 12.4 Å². The molecule has 0 aliphatic heterocycles. The average molecular weight is 246 g/mol. The zero-order valence-corrected chi connectivity index (χ0v) is 10.2. The van der Waals surface area contributed by atoms with Crippen LogP contribution in [0.2, 0.25) is 0 Å². The smallest absolute Gasteiger partial charge is 0.123 e. The molecule has 2 rings (SSSR count). The van der Waals surface area contributed by atoms with Crippen LogP contribution in [-0.4, -0.2) is 29.3 Å². The maximum Gasteiger partial charge on any atom is 0.123 e. The van der Waals surface area contributed by atoms with Gasteiger partial charge in [-0.2, -0.15) is 0 Å². The van der Waals surface area contributed by atoms with E-state index in [0.717, 1.165) is 0 Å². The minimum atomic E-state index is -0.859. The lowest BCUT2D eigenvalue weighted by Crippen LogP contribution is -2.03. The maximum absolute atomic E-state index is 10.2. The highest BCUT2D eigenvalue weighted by Gasteiger charge is 2.14. The Morgan fingerprint density at radius 3 is 2.22 bits per heavy atom. The second-order valence-corrected chi connectivity index (χ2v) is 3.68. The molecule has 0 spiro atoms. The minimum Gasteiger partial charge on any atom is -0.497 e. The summed E-state index contributed by atoms with van der Waals surface area (Å²) < 4.78 is 10.3. The molecule has 0 bridgehead atoms. The Labute approximate surface area is 105 Å². The normalized spacial score (nSPS) is 11.9. The molecule has 1 N–H and O–H groups in total. The molecule has 94 valence electrons. The van der Waals surface area contributed by atoms with Crippen molar-refractivity contribution in [2.45, 2.75) is 6.10 Å². The van der Waals surface area contributed by atoms with Crippen LogP contribution in [0.3, 0.4) is 0 Å². The van der Waals surface area contributed by atoms with Gasteiger partial charge in [-0.25, -0.2) is 0 Å². The molecular weight excluding hydrogens is 232 g/mol. The van der Waals surface area contributed by atoms with Gasteiger partial charge in [0, 0.05) is 18.5 Å². The monoisotopic (exact) mass is 246 g/mol. The summed E-state index contributed by atoms with van der Waals surface area (Å²) in [4.78, 5) is 8.00. The third-order valence-corrected chi connectivity index (χ3v) is 2.55. The van der Waals surface area contributed by atoms with Crippen molar-refractivity contribution in [2.75, 3.05) is 14.2 Å². The van der Waals surface area contributed by atoms with E-state index in [9.17, 15) is 5.11 Å². The van der Waals surface area contributed by atoms with Crippen LogP contribution in [0, 0.1) is 0 Å². The average Bonchev–Trinajstić information content (AvgIpc) is 2.46. The van der Waals surface area contributed by atoms with E-state index >= 15 is 0 Å². The van der Waals surface area contributed by atoms with Crippen LogP contribution in [0.15, 0.2) is 36.8 Å². The first kappa shape index (κ1) is 12.3. The van der Waals surface area contributed by atoms with Crippen molar-refractivity contribution in [3.63, 3.8) is 0 Å². The van der Waals surface area contributed by atoms with Gasteiger partial charge in [0.1, 0.15) is 17.6 Å². The SMILES string of the molecule is COc1cc(OC)cc(C(O)c2cnccn2)c1. The molecule has 0 aliphatic carbocycles. The molecule has 5 heteroatoms. The molecule has 2 aromatic rings. The van der Waals surface area contributed by atoms with Gasteiger partial charge in [0.2, 0.25) is 0 Å². The van der Waals surface area contributed by atoms with Crippen LogP contribution in [0.1, 0.15) is 17.4 Å². The van der Waals surface area contributed by atoms with E-state index in [4.69, 9.17) is 9.47 Å². The second-order valence-electron chi connectivity index (χ2n) is 3.68. The molecule has 1 unspecified atom stereocenters. The highest BCUT2D eigenvalue weighted by atomic mass is 16.5. The quantitative estimate of drug-likeness (QED) is 0.887. The first-order chi connectivity index (χ1) is 8.74. The van der Waals surface area contributed by atoms with Crippen molar-refractivity contribution in [3.8, 4) is 11.5 Å². The molecule has 0 saturated heterocycles. The molecule has 0 aliphatic rings. The van der Waals surface area contributed by atoms with Gasteiger partial charge < -0.3 is 14.6 Å². The predicted octanol–water partition coefficient (Wildman–Crippen LogP) is 1.58. The summed E-state index contributed by atoms with van der Waals surface area (Å²) in [6, 6.07) is 5.22. The summed E-state index contributed by atoms with van der Waals surface area (Å²) in [7, 11) is 3.13. The standard InChI is InChI=1S/C13H14N2O3/c1-17-10-5-9(6-11(7-10)18-2)13(16)12-8-14-3-4-15-12/h3-8,13,16H,1-2H3. The molecule has 0 fully saturated rings. The molecule has 1 atom stereocenters. The van der Waals surface area contributed by atoms with Gasteiger partial charge in [0.15, 0.2) is 0 Å². The Morgan fingerprint density at radius 2 is 1.72 bits per heavy atom. The number of aliphatic hydroxyl groups is 1. The predicted molar refractivity (Wildman–Crippen MR) is 65.6 cm³/mol. The number of hydrogen-bond acceptors (Lipinski definition) is 5. The van der Waals surface area contributed by atoms with Gasteiger partial charge in [0.25, 0.3) is 0 Å². The van der Waals surface area contributed by atoms with Crippen LogP contribution < -0.4 is 9.47 Å². The van der Waals surface area contributed by atoms with Gasteiger partial charge in [-0.1, -0.05) is 0 Å². The molecule has 18 heavy (non-hydrogen) atoms. The Morgan fingerprint density at radius 1 is 1.06 bits per heavy atom. The fraction of sp³-hybridized carbons (Fsp3) is 0.231. The molecule has 1 aromatic heterocycles. The molecular formula is C13H14N2O3. The minimum absolute atomic E-state index is 0.479. The second kappa shape index (κ2) is 5.46. The number of aromatic nitrogens is 2. The van der Waals surface area contributed by atoms with Gasteiger partial charge in [0.05, 0.1) is 26.1 Å². The summed E-state index contributed by atoms with van der Waals surface area (Å²) in [6.45, 7) is 0. The Hall–Kier alpha value is -2.14. The van der Waals surface area contributed by atoms with Crippen LogP contribution in [-0.2, 0) is 0 Å². The summed E-state index contributed by atoms with van der Waals surface area (Å²) in [6.07, 6.45) is 3.76. The van der Waals surface area contributed by atoms with Crippen molar-refractivity contribution in [1.82, 2.24) is 9.97 Å². The summed E-state index contributed by atoms with van der Waals surface area (Å²) in [5.41, 5.74) is 1.12. The lowest BCUT2D eigenvalue weighted by Gasteiger charge is -2.13. The number of aliphatic hydroxyl groups excluding tert-OH is 1. The Kier molecular flexibility index (Phi) is 3.74. The van der Waals surface area contributed by atoms with Crippen LogP contribution >= 0.6 is 0 Å². The van der Waals surface area contributed by atoms with Crippen LogP contribution in [0.25, 0.3) is 0 Å². The summed E-state index contributed by atoms with van der Waals surface area (Å²) in [5, 5.41) is 10.2. The maximum atomic E-state index is 10.2. The lowest BCUT2D eigenvalue weighted by atomic mass is 10.1. The molecule has 0 saturated carbocycles. The zero-order valence-electron chi connectivity index (χ0n) is 10.2. The number of rotatable bonds is 4. The number of hydrogen-bond donors (Lipinski definition) is 1. The summed E-state index contributed by atoms with van der Waals surface area (Å²) >= 11 is 0. The van der Waals surface area contributed by atoms with Crippen LogP contribution in [0.4, 0.5) is 0 Å².